The number of rotatable bonds is 2. The molecule has 3 nitrogen and oxygen atoms in total. The number of fused-ring (bicyclic) bond motifs is 1. The largest absolute Gasteiger partial charge is 0.462 e. The Bertz CT molecular complexity index is 504. The van der Waals surface area contributed by atoms with E-state index in [-0.39, 0.29) is 5.97 Å². The minimum absolute atomic E-state index is 0.317. The zero-order valence-corrected chi connectivity index (χ0v) is 8.99. The molecule has 2 aromatic rings. The summed E-state index contributed by atoms with van der Waals surface area (Å²) in [5, 5.41) is 0.572. The Morgan fingerprint density at radius 1 is 1.47 bits per heavy atom. The Hall–Kier alpha value is -1.48. The number of carbonyl (C=O) groups is 1. The van der Waals surface area contributed by atoms with Crippen molar-refractivity contribution in [2.45, 2.75) is 6.92 Å². The number of esters is 1. The first-order valence-corrected chi connectivity index (χ1v) is 5.04. The Morgan fingerprint density at radius 3 is 3.00 bits per heavy atom. The molecule has 0 aliphatic rings. The van der Waals surface area contributed by atoms with Crippen molar-refractivity contribution in [1.82, 2.24) is 4.40 Å². The molecule has 0 atom stereocenters. The third-order valence-electron chi connectivity index (χ3n) is 2.14. The van der Waals surface area contributed by atoms with Gasteiger partial charge in [-0.3, -0.25) is 0 Å². The van der Waals surface area contributed by atoms with Crippen LogP contribution in [0.1, 0.15) is 17.3 Å². The summed E-state index contributed by atoms with van der Waals surface area (Å²) >= 11 is 5.96. The molecule has 2 rings (SSSR count). The van der Waals surface area contributed by atoms with Crippen molar-refractivity contribution >= 4 is 23.1 Å². The molecule has 0 amide bonds. The van der Waals surface area contributed by atoms with Crippen LogP contribution in [0.2, 0.25) is 5.15 Å². The molecule has 0 saturated carbocycles. The Balaban J connectivity index is 2.54. The molecule has 0 bridgehead atoms. The lowest BCUT2D eigenvalue weighted by atomic mass is 10.2. The van der Waals surface area contributed by atoms with Crippen LogP contribution in [0.15, 0.2) is 30.5 Å². The van der Waals surface area contributed by atoms with E-state index < -0.39 is 0 Å². The van der Waals surface area contributed by atoms with Crippen molar-refractivity contribution in [1.29, 1.82) is 0 Å². The van der Waals surface area contributed by atoms with Crippen LogP contribution in [-0.4, -0.2) is 17.0 Å². The summed E-state index contributed by atoms with van der Waals surface area (Å²) in [6.07, 6.45) is 1.75. The van der Waals surface area contributed by atoms with Gasteiger partial charge in [-0.05, 0) is 25.1 Å². The SMILES string of the molecule is CCOC(=O)c1ccn2c(Cl)cccc12. The van der Waals surface area contributed by atoms with Gasteiger partial charge >= 0.3 is 5.97 Å². The van der Waals surface area contributed by atoms with Crippen LogP contribution in [0.25, 0.3) is 5.52 Å². The monoisotopic (exact) mass is 223 g/mol. The molecule has 0 aromatic carbocycles. The molecular weight excluding hydrogens is 214 g/mol. The number of pyridine rings is 1. The van der Waals surface area contributed by atoms with Crippen molar-refractivity contribution < 1.29 is 9.53 Å². The van der Waals surface area contributed by atoms with Crippen LogP contribution < -0.4 is 0 Å². The van der Waals surface area contributed by atoms with Gasteiger partial charge in [-0.2, -0.15) is 0 Å². The number of nitrogens with zero attached hydrogens (tertiary/aromatic N) is 1. The number of hydrogen-bond donors (Lipinski definition) is 0. The van der Waals surface area contributed by atoms with E-state index in [2.05, 4.69) is 0 Å². The van der Waals surface area contributed by atoms with Crippen LogP contribution in [0.5, 0.6) is 0 Å². The van der Waals surface area contributed by atoms with Gasteiger partial charge in [0.05, 0.1) is 17.7 Å². The first kappa shape index (κ1) is 10.1. The van der Waals surface area contributed by atoms with Crippen molar-refractivity contribution in [3.8, 4) is 0 Å². The summed E-state index contributed by atoms with van der Waals surface area (Å²) in [5.74, 6) is -0.317. The predicted molar refractivity (Wildman–Crippen MR) is 58.4 cm³/mol. The van der Waals surface area contributed by atoms with E-state index in [0.717, 1.165) is 5.52 Å². The van der Waals surface area contributed by atoms with Gasteiger partial charge in [-0.25, -0.2) is 4.79 Å². The Labute approximate surface area is 92.2 Å². The highest BCUT2D eigenvalue weighted by atomic mass is 35.5. The van der Waals surface area contributed by atoms with Crippen LogP contribution in [0, 0.1) is 0 Å². The lowest BCUT2D eigenvalue weighted by molar-refractivity contribution is 0.0529. The highest BCUT2D eigenvalue weighted by Gasteiger charge is 2.12. The first-order chi connectivity index (χ1) is 7.24. The van der Waals surface area contributed by atoms with E-state index in [4.69, 9.17) is 16.3 Å². The normalized spacial score (nSPS) is 10.5. The second kappa shape index (κ2) is 3.95. The predicted octanol–water partition coefficient (Wildman–Crippen LogP) is 2.77. The van der Waals surface area contributed by atoms with Gasteiger partial charge in [-0.1, -0.05) is 17.7 Å². The molecular formula is C11H10ClNO2. The van der Waals surface area contributed by atoms with Crippen molar-refractivity contribution in [2.75, 3.05) is 6.61 Å². The minimum atomic E-state index is -0.317. The molecule has 0 aliphatic heterocycles. The van der Waals surface area contributed by atoms with Crippen LogP contribution in [0.3, 0.4) is 0 Å². The van der Waals surface area contributed by atoms with Crippen molar-refractivity contribution in [3.63, 3.8) is 0 Å². The second-order valence-electron chi connectivity index (χ2n) is 3.05. The minimum Gasteiger partial charge on any atom is -0.462 e. The van der Waals surface area contributed by atoms with Crippen molar-refractivity contribution in [2.24, 2.45) is 0 Å². The summed E-state index contributed by atoms with van der Waals surface area (Å²) in [6, 6.07) is 7.11. The molecule has 0 N–H and O–H groups in total. The number of carbonyl (C=O) groups excluding carboxylic acids is 1. The highest BCUT2D eigenvalue weighted by molar-refractivity contribution is 6.29. The maximum atomic E-state index is 11.6. The summed E-state index contributed by atoms with van der Waals surface area (Å²) in [5.41, 5.74) is 1.31. The molecule has 15 heavy (non-hydrogen) atoms. The Morgan fingerprint density at radius 2 is 2.27 bits per heavy atom. The van der Waals surface area contributed by atoms with E-state index >= 15 is 0 Å². The fourth-order valence-corrected chi connectivity index (χ4v) is 1.70. The van der Waals surface area contributed by atoms with E-state index in [1.54, 1.807) is 35.7 Å². The first-order valence-electron chi connectivity index (χ1n) is 4.66. The molecule has 78 valence electrons. The topological polar surface area (TPSA) is 30.7 Å². The third kappa shape index (κ3) is 1.70. The summed E-state index contributed by atoms with van der Waals surface area (Å²) in [6.45, 7) is 2.15. The zero-order valence-electron chi connectivity index (χ0n) is 8.24. The zero-order chi connectivity index (χ0) is 10.8. The smallest absolute Gasteiger partial charge is 0.340 e. The summed E-state index contributed by atoms with van der Waals surface area (Å²) in [4.78, 5) is 11.6. The standard InChI is InChI=1S/C11H10ClNO2/c1-2-15-11(14)8-6-7-13-9(8)4-3-5-10(13)12/h3-7H,2H2,1H3. The Kier molecular flexibility index (Phi) is 2.64. The fraction of sp³-hybridized carbons (Fsp3) is 0.182. The molecule has 4 heteroatoms. The van der Waals surface area contributed by atoms with Crippen LogP contribution >= 0.6 is 11.6 Å². The van der Waals surface area contributed by atoms with Gasteiger partial charge < -0.3 is 9.14 Å². The second-order valence-corrected chi connectivity index (χ2v) is 3.44. The molecule has 0 spiro atoms. The van der Waals surface area contributed by atoms with E-state index in [1.165, 1.54) is 0 Å². The summed E-state index contributed by atoms with van der Waals surface area (Å²) in [7, 11) is 0. The number of aromatic nitrogens is 1. The van der Waals surface area contributed by atoms with Gasteiger partial charge in [0.2, 0.25) is 0 Å². The molecule has 2 aromatic heterocycles. The van der Waals surface area contributed by atoms with E-state index in [0.29, 0.717) is 17.3 Å². The molecule has 0 radical (unpaired) electrons. The average Bonchev–Trinajstić information content (AvgIpc) is 2.63. The molecule has 0 aliphatic carbocycles. The molecule has 0 saturated heterocycles. The lowest BCUT2D eigenvalue weighted by Crippen LogP contribution is -2.03. The fourth-order valence-electron chi connectivity index (χ4n) is 1.48. The van der Waals surface area contributed by atoms with Gasteiger partial charge in [0.1, 0.15) is 5.15 Å². The van der Waals surface area contributed by atoms with Crippen molar-refractivity contribution in [3.05, 3.63) is 41.2 Å². The average molecular weight is 224 g/mol. The summed E-state index contributed by atoms with van der Waals surface area (Å²) < 4.78 is 6.68. The number of hydrogen-bond acceptors (Lipinski definition) is 2. The van der Waals surface area contributed by atoms with Gasteiger partial charge in [0.25, 0.3) is 0 Å². The number of ether oxygens (including phenoxy) is 1. The van der Waals surface area contributed by atoms with Gasteiger partial charge in [0.15, 0.2) is 0 Å². The quantitative estimate of drug-likeness (QED) is 0.579. The number of halogens is 1. The maximum absolute atomic E-state index is 11.6. The maximum Gasteiger partial charge on any atom is 0.340 e. The molecule has 2 heterocycles. The van der Waals surface area contributed by atoms with Crippen LogP contribution in [-0.2, 0) is 4.74 Å². The third-order valence-corrected chi connectivity index (χ3v) is 2.45. The lowest BCUT2D eigenvalue weighted by Gasteiger charge is -2.01. The van der Waals surface area contributed by atoms with Gasteiger partial charge in [0, 0.05) is 6.20 Å². The van der Waals surface area contributed by atoms with Crippen LogP contribution in [0.4, 0.5) is 0 Å². The van der Waals surface area contributed by atoms with E-state index in [9.17, 15) is 4.79 Å². The molecule has 0 fully saturated rings. The highest BCUT2D eigenvalue weighted by Crippen LogP contribution is 2.18. The molecule has 0 unspecified atom stereocenters. The van der Waals surface area contributed by atoms with E-state index in [1.807, 2.05) is 6.07 Å². The van der Waals surface area contributed by atoms with Gasteiger partial charge in [-0.15, -0.1) is 0 Å².